The average Bonchev–Trinajstić information content (AvgIpc) is 4.27. The number of hydrogen-bond acceptors (Lipinski definition) is 0. The highest BCUT2D eigenvalue weighted by atomic mass is 15.0. The molecule has 0 saturated heterocycles. The van der Waals surface area contributed by atoms with E-state index in [1.54, 1.807) is 0 Å². The first kappa shape index (κ1) is 67.4. The van der Waals surface area contributed by atoms with E-state index in [0.717, 1.165) is 0 Å². The van der Waals surface area contributed by atoms with Gasteiger partial charge in [-0.05, 0) is 142 Å². The Morgan fingerprint density at radius 1 is 0.277 bits per heavy atom. The normalized spacial score (nSPS) is 12.3. The van der Waals surface area contributed by atoms with Crippen LogP contribution in [-0.2, 0) is 74.8 Å². The lowest BCUT2D eigenvalue weighted by Crippen LogP contribution is -2.16. The molecule has 0 atom stereocenters. The summed E-state index contributed by atoms with van der Waals surface area (Å²) in [7, 11) is 12.9. The molecule has 10 aromatic rings. The zero-order valence-corrected chi connectivity index (χ0v) is 58.2. The molecule has 450 valence electrons. The minimum atomic E-state index is 0.209. The van der Waals surface area contributed by atoms with Crippen molar-refractivity contribution in [2.75, 3.05) is 0 Å². The summed E-state index contributed by atoms with van der Waals surface area (Å²) in [6.07, 6.45) is 2.17. The fourth-order valence-electron chi connectivity index (χ4n) is 12.0. The summed E-state index contributed by atoms with van der Waals surface area (Å²) in [5, 5.41) is 5.42. The predicted octanol–water partition coefficient (Wildman–Crippen LogP) is 20.7. The van der Waals surface area contributed by atoms with Crippen molar-refractivity contribution >= 4 is 43.6 Å². The van der Waals surface area contributed by atoms with Crippen molar-refractivity contribution in [3.63, 3.8) is 0 Å². The molecule has 0 fully saturated rings. The summed E-state index contributed by atoms with van der Waals surface area (Å²) in [5.41, 5.74) is 24.6. The maximum Gasteiger partial charge on any atom is 0.0509 e. The van der Waals surface area contributed by atoms with Gasteiger partial charge in [0, 0.05) is 154 Å². The number of aryl methyl sites for hydroxylation is 11. The van der Waals surface area contributed by atoms with Crippen molar-refractivity contribution in [3.8, 4) is 0 Å². The lowest BCUT2D eigenvalue weighted by Gasteiger charge is -2.20. The Morgan fingerprint density at radius 2 is 0.699 bits per heavy atom. The van der Waals surface area contributed by atoms with Gasteiger partial charge in [0.2, 0.25) is 0 Å². The second kappa shape index (κ2) is 25.0. The Labute approximate surface area is 504 Å². The molecule has 0 saturated carbocycles. The molecule has 6 heterocycles. The van der Waals surface area contributed by atoms with Gasteiger partial charge in [-0.3, -0.25) is 0 Å². The molecule has 0 aliphatic heterocycles. The van der Waals surface area contributed by atoms with Gasteiger partial charge in [-0.1, -0.05) is 179 Å². The van der Waals surface area contributed by atoms with Gasteiger partial charge in [-0.2, -0.15) is 0 Å². The van der Waals surface area contributed by atoms with Crippen LogP contribution in [0.5, 0.6) is 0 Å². The van der Waals surface area contributed by atoms with Crippen molar-refractivity contribution in [1.29, 1.82) is 0 Å². The summed E-state index contributed by atoms with van der Waals surface area (Å²) in [5.74, 6) is 0. The molecule has 0 N–H and O–H groups in total. The third-order valence-corrected chi connectivity index (χ3v) is 16.5. The highest BCUT2D eigenvalue weighted by molar-refractivity contribution is 5.86. The van der Waals surface area contributed by atoms with Crippen LogP contribution in [-0.4, -0.2) is 27.4 Å². The van der Waals surface area contributed by atoms with E-state index >= 15 is 0 Å². The number of fused-ring (bicyclic) bond motifs is 4. The van der Waals surface area contributed by atoms with Gasteiger partial charge in [0.25, 0.3) is 0 Å². The molecule has 0 aliphatic carbocycles. The number of rotatable bonds is 0. The van der Waals surface area contributed by atoms with Crippen molar-refractivity contribution in [3.05, 3.63) is 189 Å². The van der Waals surface area contributed by atoms with Crippen LogP contribution in [0.3, 0.4) is 0 Å². The molecule has 10 rings (SSSR count). The van der Waals surface area contributed by atoms with Crippen LogP contribution in [0.1, 0.15) is 198 Å². The van der Waals surface area contributed by atoms with Crippen molar-refractivity contribution in [2.24, 2.45) is 42.3 Å². The maximum absolute atomic E-state index is 2.32. The summed E-state index contributed by atoms with van der Waals surface area (Å²) >= 11 is 0. The smallest absolute Gasteiger partial charge is 0.0509 e. The Hall–Kier alpha value is -6.40. The Kier molecular flexibility index (Phi) is 20.3. The molecule has 6 nitrogen and oxygen atoms in total. The fourth-order valence-corrected chi connectivity index (χ4v) is 12.0. The van der Waals surface area contributed by atoms with E-state index in [-0.39, 0.29) is 32.5 Å². The van der Waals surface area contributed by atoms with Gasteiger partial charge >= 0.3 is 0 Å². The number of hydrogen-bond donors (Lipinski definition) is 0. The van der Waals surface area contributed by atoms with Gasteiger partial charge in [-0.15, -0.1) is 0 Å². The third kappa shape index (κ3) is 16.1. The zero-order valence-electron chi connectivity index (χ0n) is 58.2. The molecule has 0 unspecified atom stereocenters. The molecule has 6 aromatic heterocycles. The molecule has 0 spiro atoms. The molecule has 4 aromatic carbocycles. The minimum Gasteiger partial charge on any atom is -0.354 e. The number of aromatic nitrogens is 6. The van der Waals surface area contributed by atoms with Gasteiger partial charge in [0.1, 0.15) is 0 Å². The Bertz CT molecular complexity index is 3780. The van der Waals surface area contributed by atoms with Crippen LogP contribution in [0.4, 0.5) is 0 Å². The molecule has 0 amide bonds. The van der Waals surface area contributed by atoms with E-state index in [1.807, 2.05) is 0 Å². The van der Waals surface area contributed by atoms with Crippen LogP contribution in [0.2, 0.25) is 0 Å². The number of benzene rings is 4. The Morgan fingerprint density at radius 3 is 1.14 bits per heavy atom. The van der Waals surface area contributed by atoms with E-state index in [0.29, 0.717) is 0 Å². The second-order valence-corrected chi connectivity index (χ2v) is 30.4. The largest absolute Gasteiger partial charge is 0.354 e. The molecule has 6 heteroatoms. The maximum atomic E-state index is 2.32. The first-order chi connectivity index (χ1) is 37.9. The van der Waals surface area contributed by atoms with E-state index < -0.39 is 0 Å². The van der Waals surface area contributed by atoms with Crippen molar-refractivity contribution in [1.82, 2.24) is 27.4 Å². The minimum absolute atomic E-state index is 0.209. The van der Waals surface area contributed by atoms with Crippen LogP contribution in [0, 0.1) is 48.5 Å². The summed E-state index contributed by atoms with van der Waals surface area (Å²) in [6, 6.07) is 40.0. The fraction of sp³-hybridized carbons (Fsp3) is 0.481. The third-order valence-electron chi connectivity index (χ3n) is 16.5. The van der Waals surface area contributed by atoms with E-state index in [4.69, 9.17) is 0 Å². The SMILES string of the molecule is Cc1cc(C(C)(C)C)n(C)c1.Cc1cc(C(C)(C)C)n(C)c1C.Cc1ccc2c(c1)cc(C(C)(C)C)n2C.Cc1ccc2cc(C(C)(C)C)n(C)c2c1.Cc1cccc2c1cc(C(C)(C)C)n2C.Cc1cccc2cc(C(C)(C)C)n(C)c12. The molecule has 0 bridgehead atoms. The molecule has 83 heavy (non-hydrogen) atoms. The number of nitrogens with zero attached hydrogens (tertiary/aromatic N) is 6. The lowest BCUT2D eigenvalue weighted by atomic mass is 9.92. The quantitative estimate of drug-likeness (QED) is 0.145. The summed E-state index contributed by atoms with van der Waals surface area (Å²) in [6.45, 7) is 55.7. The standard InChI is InChI=1S/4C14H19N.C11H19N.C10H17N/c1-10-6-7-12-11(8-10)9-13(15(12)5)14(2,3)4;1-10-6-7-11-9-13(14(2,3)4)15(5)12(11)8-10;1-10-7-6-8-12-11(10)9-13(15(12)5)14(2,3)4;1-10-7-6-8-11-9-12(14(2,3)4)15(5)13(10)11;1-8-7-10(11(3,4)5)12(6)9(8)2;1-8-6-9(10(2,3)4)11(5)7-8/h4*6-9H,1-5H3;7H,1-6H3;6-7H,1-5H3. The second-order valence-electron chi connectivity index (χ2n) is 30.4. The van der Waals surface area contributed by atoms with Crippen molar-refractivity contribution < 1.29 is 0 Å². The van der Waals surface area contributed by atoms with E-state index in [2.05, 4.69) is 358 Å². The highest BCUT2D eigenvalue weighted by Crippen LogP contribution is 2.34. The average molecular weight is 1120 g/mol. The van der Waals surface area contributed by atoms with Crippen molar-refractivity contribution in [2.45, 2.75) is 206 Å². The number of para-hydroxylation sites is 1. The molecule has 0 aliphatic rings. The van der Waals surface area contributed by atoms with Gasteiger partial charge in [0.15, 0.2) is 0 Å². The van der Waals surface area contributed by atoms with E-state index in [1.165, 1.54) is 117 Å². The summed E-state index contributed by atoms with van der Waals surface area (Å²) in [4.78, 5) is 0. The predicted molar refractivity (Wildman–Crippen MR) is 368 cm³/mol. The van der Waals surface area contributed by atoms with Crippen LogP contribution >= 0.6 is 0 Å². The zero-order chi connectivity index (χ0) is 63.0. The summed E-state index contributed by atoms with van der Waals surface area (Å²) < 4.78 is 13.7. The first-order valence-electron chi connectivity index (χ1n) is 30.4. The van der Waals surface area contributed by atoms with Gasteiger partial charge in [-0.25, -0.2) is 0 Å². The Balaban J connectivity index is 0.000000183. The first-order valence-corrected chi connectivity index (χ1v) is 30.4. The topological polar surface area (TPSA) is 29.6 Å². The highest BCUT2D eigenvalue weighted by Gasteiger charge is 2.24. The van der Waals surface area contributed by atoms with E-state index in [9.17, 15) is 0 Å². The molecular weight excluding hydrogens is 1010 g/mol. The van der Waals surface area contributed by atoms with Crippen LogP contribution < -0.4 is 0 Å². The van der Waals surface area contributed by atoms with Gasteiger partial charge in [0.05, 0.1) is 5.52 Å². The monoisotopic (exact) mass is 1120 g/mol. The van der Waals surface area contributed by atoms with Gasteiger partial charge < -0.3 is 27.4 Å². The van der Waals surface area contributed by atoms with Crippen LogP contribution in [0.15, 0.2) is 115 Å². The van der Waals surface area contributed by atoms with Crippen LogP contribution in [0.25, 0.3) is 43.6 Å². The molecule has 0 radical (unpaired) electrons. The molecular formula is C77H112N6. The lowest BCUT2D eigenvalue weighted by molar-refractivity contribution is 0.539.